The van der Waals surface area contributed by atoms with Crippen molar-refractivity contribution in [3.05, 3.63) is 37.1 Å². The smallest absolute Gasteiger partial charge is 0.332 e. The predicted molar refractivity (Wildman–Crippen MR) is 62.4 cm³/mol. The summed E-state index contributed by atoms with van der Waals surface area (Å²) in [6, 6.07) is 0. The Balaban J connectivity index is 4.44. The molecule has 0 unspecified atom stereocenters. The number of ether oxygens (including phenoxy) is 1. The predicted octanol–water partition coefficient (Wildman–Crippen LogP) is 2.13. The summed E-state index contributed by atoms with van der Waals surface area (Å²) in [7, 11) is 0. The van der Waals surface area contributed by atoms with E-state index in [1.54, 1.807) is 19.1 Å². The zero-order valence-electron chi connectivity index (χ0n) is 9.53. The highest BCUT2D eigenvalue weighted by Gasteiger charge is 2.04. The SMILES string of the molecule is C=CCN(CC=C)C(C)=CC(=O)OCC. The van der Waals surface area contributed by atoms with Crippen LogP contribution < -0.4 is 0 Å². The molecule has 0 N–H and O–H groups in total. The number of nitrogens with zero attached hydrogens (tertiary/aromatic N) is 1. The van der Waals surface area contributed by atoms with Gasteiger partial charge >= 0.3 is 5.97 Å². The van der Waals surface area contributed by atoms with Crippen LogP contribution in [0, 0.1) is 0 Å². The van der Waals surface area contributed by atoms with Crippen LogP contribution in [0.15, 0.2) is 37.1 Å². The van der Waals surface area contributed by atoms with Crippen molar-refractivity contribution in [2.75, 3.05) is 19.7 Å². The van der Waals surface area contributed by atoms with Crippen LogP contribution in [0.1, 0.15) is 13.8 Å². The van der Waals surface area contributed by atoms with Gasteiger partial charge in [0.05, 0.1) is 6.61 Å². The first-order valence-electron chi connectivity index (χ1n) is 4.97. The summed E-state index contributed by atoms with van der Waals surface area (Å²) >= 11 is 0. The lowest BCUT2D eigenvalue weighted by atomic mass is 10.3. The Morgan fingerprint density at radius 2 is 1.87 bits per heavy atom. The van der Waals surface area contributed by atoms with E-state index in [9.17, 15) is 4.79 Å². The maximum atomic E-state index is 11.2. The number of esters is 1. The van der Waals surface area contributed by atoms with Gasteiger partial charge in [-0.05, 0) is 13.8 Å². The minimum atomic E-state index is -0.312. The van der Waals surface area contributed by atoms with Gasteiger partial charge < -0.3 is 9.64 Å². The molecule has 3 heteroatoms. The van der Waals surface area contributed by atoms with Crippen LogP contribution in [0.4, 0.5) is 0 Å². The molecular weight excluding hydrogens is 190 g/mol. The topological polar surface area (TPSA) is 29.5 Å². The summed E-state index contributed by atoms with van der Waals surface area (Å²) in [6.45, 7) is 12.7. The van der Waals surface area contributed by atoms with Gasteiger partial charge in [0.1, 0.15) is 0 Å². The van der Waals surface area contributed by atoms with Crippen LogP contribution in [-0.2, 0) is 9.53 Å². The summed E-state index contributed by atoms with van der Waals surface area (Å²) < 4.78 is 4.83. The highest BCUT2D eigenvalue weighted by Crippen LogP contribution is 2.03. The summed E-state index contributed by atoms with van der Waals surface area (Å²) in [5.41, 5.74) is 0.855. The van der Waals surface area contributed by atoms with Crippen LogP contribution in [0.3, 0.4) is 0 Å². The Morgan fingerprint density at radius 1 is 1.33 bits per heavy atom. The third-order valence-corrected chi connectivity index (χ3v) is 1.81. The fraction of sp³-hybridized carbons (Fsp3) is 0.417. The molecule has 0 aromatic rings. The van der Waals surface area contributed by atoms with Crippen molar-refractivity contribution in [1.29, 1.82) is 0 Å². The standard InChI is InChI=1S/C12H19NO2/c1-5-8-13(9-6-2)11(4)10-12(14)15-7-3/h5-6,10H,1-2,7-9H2,3-4H3. The Labute approximate surface area is 91.7 Å². The van der Waals surface area contributed by atoms with Crippen molar-refractivity contribution in [3.63, 3.8) is 0 Å². The van der Waals surface area contributed by atoms with Gasteiger partial charge in [0.25, 0.3) is 0 Å². The first-order chi connectivity index (χ1) is 7.15. The van der Waals surface area contributed by atoms with Crippen LogP contribution in [-0.4, -0.2) is 30.6 Å². The summed E-state index contributed by atoms with van der Waals surface area (Å²) in [6.07, 6.45) is 5.05. The van der Waals surface area contributed by atoms with Gasteiger partial charge in [0.15, 0.2) is 0 Å². The zero-order valence-corrected chi connectivity index (χ0v) is 9.53. The van der Waals surface area contributed by atoms with E-state index in [4.69, 9.17) is 4.74 Å². The fourth-order valence-corrected chi connectivity index (χ4v) is 1.12. The Hall–Kier alpha value is -1.51. The van der Waals surface area contributed by atoms with Crippen molar-refractivity contribution < 1.29 is 9.53 Å². The lowest BCUT2D eigenvalue weighted by Gasteiger charge is -2.21. The zero-order chi connectivity index (χ0) is 11.7. The monoisotopic (exact) mass is 209 g/mol. The maximum Gasteiger partial charge on any atom is 0.332 e. The third kappa shape index (κ3) is 5.73. The molecule has 0 fully saturated rings. The van der Waals surface area contributed by atoms with Crippen molar-refractivity contribution in [2.24, 2.45) is 0 Å². The van der Waals surface area contributed by atoms with Gasteiger partial charge in [-0.1, -0.05) is 12.2 Å². The molecule has 0 aliphatic rings. The molecule has 0 aromatic carbocycles. The number of rotatable bonds is 7. The number of hydrogen-bond acceptors (Lipinski definition) is 3. The summed E-state index contributed by atoms with van der Waals surface area (Å²) in [5, 5.41) is 0. The average molecular weight is 209 g/mol. The average Bonchev–Trinajstić information content (AvgIpc) is 2.17. The fourth-order valence-electron chi connectivity index (χ4n) is 1.12. The van der Waals surface area contributed by atoms with Crippen molar-refractivity contribution in [2.45, 2.75) is 13.8 Å². The molecule has 15 heavy (non-hydrogen) atoms. The maximum absolute atomic E-state index is 11.2. The molecule has 0 rings (SSSR count). The lowest BCUT2D eigenvalue weighted by molar-refractivity contribution is -0.137. The second-order valence-corrected chi connectivity index (χ2v) is 3.02. The molecule has 0 saturated carbocycles. The number of allylic oxidation sites excluding steroid dienone is 1. The van der Waals surface area contributed by atoms with E-state index in [0.29, 0.717) is 19.7 Å². The van der Waals surface area contributed by atoms with Crippen LogP contribution in [0.25, 0.3) is 0 Å². The van der Waals surface area contributed by atoms with E-state index in [1.807, 2.05) is 11.8 Å². The largest absolute Gasteiger partial charge is 0.463 e. The molecule has 0 aromatic heterocycles. The quantitative estimate of drug-likeness (QED) is 0.365. The van der Waals surface area contributed by atoms with Gasteiger partial charge in [0, 0.05) is 24.9 Å². The van der Waals surface area contributed by atoms with Gasteiger partial charge in [-0.15, -0.1) is 13.2 Å². The van der Waals surface area contributed by atoms with Gasteiger partial charge in [-0.25, -0.2) is 4.79 Å². The molecule has 84 valence electrons. The van der Waals surface area contributed by atoms with Crippen LogP contribution in [0.2, 0.25) is 0 Å². The minimum Gasteiger partial charge on any atom is -0.463 e. The Bertz CT molecular complexity index is 246. The second-order valence-electron chi connectivity index (χ2n) is 3.02. The molecule has 0 heterocycles. The molecule has 0 amide bonds. The summed E-state index contributed by atoms with van der Waals surface area (Å²) in [5.74, 6) is -0.312. The summed E-state index contributed by atoms with van der Waals surface area (Å²) in [4.78, 5) is 13.2. The van der Waals surface area contributed by atoms with Gasteiger partial charge in [-0.3, -0.25) is 0 Å². The molecular formula is C12H19NO2. The van der Waals surface area contributed by atoms with E-state index in [0.717, 1.165) is 5.70 Å². The second kappa shape index (κ2) is 7.85. The number of hydrogen-bond donors (Lipinski definition) is 0. The molecule has 0 bridgehead atoms. The molecule has 0 aliphatic carbocycles. The van der Waals surface area contributed by atoms with Crippen molar-refractivity contribution in [1.82, 2.24) is 4.90 Å². The van der Waals surface area contributed by atoms with E-state index in [-0.39, 0.29) is 5.97 Å². The van der Waals surface area contributed by atoms with Crippen LogP contribution >= 0.6 is 0 Å². The van der Waals surface area contributed by atoms with E-state index in [2.05, 4.69) is 13.2 Å². The van der Waals surface area contributed by atoms with E-state index in [1.165, 1.54) is 6.08 Å². The Kier molecular flexibility index (Phi) is 7.06. The molecule has 0 spiro atoms. The molecule has 0 radical (unpaired) electrons. The van der Waals surface area contributed by atoms with Crippen molar-refractivity contribution >= 4 is 5.97 Å². The molecule has 0 saturated heterocycles. The van der Waals surface area contributed by atoms with Crippen molar-refractivity contribution in [3.8, 4) is 0 Å². The highest BCUT2D eigenvalue weighted by molar-refractivity contribution is 5.82. The normalized spacial score (nSPS) is 10.7. The third-order valence-electron chi connectivity index (χ3n) is 1.81. The van der Waals surface area contributed by atoms with Gasteiger partial charge in [0.2, 0.25) is 0 Å². The first kappa shape index (κ1) is 13.5. The Morgan fingerprint density at radius 3 is 2.27 bits per heavy atom. The minimum absolute atomic E-state index is 0.312. The molecule has 3 nitrogen and oxygen atoms in total. The first-order valence-corrected chi connectivity index (χ1v) is 4.97. The number of carbonyl (C=O) groups is 1. The molecule has 0 aliphatic heterocycles. The number of carbonyl (C=O) groups excluding carboxylic acids is 1. The molecule has 0 atom stereocenters. The highest BCUT2D eigenvalue weighted by atomic mass is 16.5. The van der Waals surface area contributed by atoms with E-state index < -0.39 is 0 Å². The van der Waals surface area contributed by atoms with E-state index >= 15 is 0 Å². The van der Waals surface area contributed by atoms with Crippen LogP contribution in [0.5, 0.6) is 0 Å². The lowest BCUT2D eigenvalue weighted by Crippen LogP contribution is -2.22. The van der Waals surface area contributed by atoms with Gasteiger partial charge in [-0.2, -0.15) is 0 Å².